The average Bonchev–Trinajstić information content (AvgIpc) is 2.23. The molecule has 1 heterocycles. The average molecular weight is 222 g/mol. The summed E-state index contributed by atoms with van der Waals surface area (Å²) in [7, 11) is -1.04. The van der Waals surface area contributed by atoms with Crippen LogP contribution in [0, 0.1) is 12.8 Å². The molecule has 1 aromatic carbocycles. The van der Waals surface area contributed by atoms with E-state index in [1.54, 1.807) is 0 Å². The molecule has 3 atom stereocenters. The van der Waals surface area contributed by atoms with Gasteiger partial charge in [-0.25, -0.2) is 0 Å². The van der Waals surface area contributed by atoms with Crippen molar-refractivity contribution < 1.29 is 9.00 Å². The van der Waals surface area contributed by atoms with E-state index in [9.17, 15) is 9.00 Å². The highest BCUT2D eigenvalue weighted by Crippen LogP contribution is 2.30. The zero-order chi connectivity index (χ0) is 11.2. The van der Waals surface area contributed by atoms with Crippen LogP contribution in [-0.4, -0.2) is 15.2 Å². The molecule has 0 saturated carbocycles. The Morgan fingerprint density at radius 1 is 1.27 bits per heavy atom. The Morgan fingerprint density at radius 2 is 1.93 bits per heavy atom. The Labute approximate surface area is 92.2 Å². The van der Waals surface area contributed by atoms with Gasteiger partial charge in [0, 0.05) is 21.6 Å². The smallest absolute Gasteiger partial charge is 0.168 e. The van der Waals surface area contributed by atoms with E-state index >= 15 is 0 Å². The predicted octanol–water partition coefficient (Wildman–Crippen LogP) is 2.32. The first kappa shape index (κ1) is 10.6. The predicted molar refractivity (Wildman–Crippen MR) is 60.5 cm³/mol. The second-order valence-corrected chi connectivity index (χ2v) is 5.93. The summed E-state index contributed by atoms with van der Waals surface area (Å²) in [6.45, 7) is 5.68. The lowest BCUT2D eigenvalue weighted by Crippen LogP contribution is -2.33. The number of fused-ring (bicyclic) bond motifs is 1. The molecule has 15 heavy (non-hydrogen) atoms. The van der Waals surface area contributed by atoms with Crippen LogP contribution in [0.4, 0.5) is 0 Å². The van der Waals surface area contributed by atoms with Gasteiger partial charge in [0.15, 0.2) is 5.78 Å². The highest BCUT2D eigenvalue weighted by Gasteiger charge is 2.34. The lowest BCUT2D eigenvalue weighted by atomic mass is 9.95. The first-order valence-electron chi connectivity index (χ1n) is 5.08. The van der Waals surface area contributed by atoms with Crippen LogP contribution in [0.15, 0.2) is 23.1 Å². The summed E-state index contributed by atoms with van der Waals surface area (Å²) >= 11 is 0. The molecule has 1 aromatic rings. The third-order valence-electron chi connectivity index (χ3n) is 3.07. The van der Waals surface area contributed by atoms with Crippen molar-refractivity contribution in [3.05, 3.63) is 29.3 Å². The van der Waals surface area contributed by atoms with Crippen LogP contribution in [0.1, 0.15) is 29.8 Å². The second kappa shape index (κ2) is 3.56. The molecule has 0 N–H and O–H groups in total. The number of hydrogen-bond donors (Lipinski definition) is 0. The Hall–Kier alpha value is -0.960. The van der Waals surface area contributed by atoms with Crippen molar-refractivity contribution in [3.63, 3.8) is 0 Å². The fourth-order valence-corrected chi connectivity index (χ4v) is 3.33. The standard InChI is InChI=1S/C12H14O2S/c1-7-4-5-11-10(6-7)12(13)8(2)9(3)15(11)14/h4-6,8-9H,1-3H3. The summed E-state index contributed by atoms with van der Waals surface area (Å²) < 4.78 is 12.0. The van der Waals surface area contributed by atoms with Gasteiger partial charge in [0.05, 0.1) is 10.8 Å². The summed E-state index contributed by atoms with van der Waals surface area (Å²) in [6, 6.07) is 5.58. The Kier molecular flexibility index (Phi) is 2.51. The molecule has 0 fully saturated rings. The number of benzene rings is 1. The number of carbonyl (C=O) groups is 1. The molecule has 0 radical (unpaired) electrons. The van der Waals surface area contributed by atoms with E-state index in [0.29, 0.717) is 10.5 Å². The van der Waals surface area contributed by atoms with Crippen LogP contribution in [0.2, 0.25) is 0 Å². The number of ketones is 1. The van der Waals surface area contributed by atoms with Crippen molar-refractivity contribution >= 4 is 16.6 Å². The van der Waals surface area contributed by atoms with Gasteiger partial charge in [-0.3, -0.25) is 9.00 Å². The van der Waals surface area contributed by atoms with Crippen LogP contribution >= 0.6 is 0 Å². The molecule has 80 valence electrons. The number of hydrogen-bond acceptors (Lipinski definition) is 2. The maximum absolute atomic E-state index is 12.0. The maximum Gasteiger partial charge on any atom is 0.168 e. The fraction of sp³-hybridized carbons (Fsp3) is 0.417. The molecule has 2 rings (SSSR count). The van der Waals surface area contributed by atoms with E-state index < -0.39 is 10.8 Å². The molecule has 3 unspecified atom stereocenters. The lowest BCUT2D eigenvalue weighted by Gasteiger charge is -2.26. The van der Waals surface area contributed by atoms with Crippen molar-refractivity contribution in [1.82, 2.24) is 0 Å². The van der Waals surface area contributed by atoms with Gasteiger partial charge in [-0.15, -0.1) is 0 Å². The molecule has 0 amide bonds. The van der Waals surface area contributed by atoms with Gasteiger partial charge in [-0.1, -0.05) is 18.6 Å². The third kappa shape index (κ3) is 1.55. The summed E-state index contributed by atoms with van der Waals surface area (Å²) in [6.07, 6.45) is 0. The van der Waals surface area contributed by atoms with Crippen molar-refractivity contribution in [2.75, 3.05) is 0 Å². The lowest BCUT2D eigenvalue weighted by molar-refractivity contribution is 0.0922. The molecular formula is C12H14O2S. The SMILES string of the molecule is Cc1ccc2c(c1)C(=O)C(C)C(C)S2=O. The number of carbonyl (C=O) groups excluding carboxylic acids is 1. The van der Waals surface area contributed by atoms with E-state index in [2.05, 4.69) is 0 Å². The zero-order valence-corrected chi connectivity index (χ0v) is 9.93. The maximum atomic E-state index is 12.0. The Bertz CT molecular complexity index is 451. The Morgan fingerprint density at radius 3 is 2.60 bits per heavy atom. The first-order chi connectivity index (χ1) is 7.02. The topological polar surface area (TPSA) is 34.1 Å². The van der Waals surface area contributed by atoms with E-state index in [1.807, 2.05) is 39.0 Å². The molecular weight excluding hydrogens is 208 g/mol. The number of rotatable bonds is 0. The van der Waals surface area contributed by atoms with E-state index in [4.69, 9.17) is 0 Å². The summed E-state index contributed by atoms with van der Waals surface area (Å²) in [5, 5.41) is -0.0762. The molecule has 1 aliphatic heterocycles. The molecule has 0 saturated heterocycles. The van der Waals surface area contributed by atoms with Gasteiger partial charge in [-0.05, 0) is 26.0 Å². The zero-order valence-electron chi connectivity index (χ0n) is 9.11. The minimum Gasteiger partial charge on any atom is -0.294 e. The van der Waals surface area contributed by atoms with Gasteiger partial charge in [0.2, 0.25) is 0 Å². The minimum atomic E-state index is -1.04. The minimum absolute atomic E-state index is 0.0762. The summed E-state index contributed by atoms with van der Waals surface area (Å²) in [5.74, 6) is -0.0130. The highest BCUT2D eigenvalue weighted by atomic mass is 32.2. The van der Waals surface area contributed by atoms with Crippen LogP contribution in [0.3, 0.4) is 0 Å². The van der Waals surface area contributed by atoms with Gasteiger partial charge < -0.3 is 0 Å². The molecule has 3 heteroatoms. The largest absolute Gasteiger partial charge is 0.294 e. The quantitative estimate of drug-likeness (QED) is 0.675. The van der Waals surface area contributed by atoms with Crippen LogP contribution in [0.5, 0.6) is 0 Å². The number of Topliss-reactive ketones (excluding diaryl/α,β-unsaturated/α-hetero) is 1. The summed E-state index contributed by atoms with van der Waals surface area (Å²) in [5.41, 5.74) is 1.69. The molecule has 0 spiro atoms. The van der Waals surface area contributed by atoms with E-state index in [0.717, 1.165) is 5.56 Å². The summed E-state index contributed by atoms with van der Waals surface area (Å²) in [4.78, 5) is 12.7. The van der Waals surface area contributed by atoms with Crippen LogP contribution < -0.4 is 0 Å². The van der Waals surface area contributed by atoms with Gasteiger partial charge in [0.1, 0.15) is 0 Å². The molecule has 1 aliphatic rings. The van der Waals surface area contributed by atoms with Gasteiger partial charge in [0.25, 0.3) is 0 Å². The van der Waals surface area contributed by atoms with Crippen molar-refractivity contribution in [1.29, 1.82) is 0 Å². The van der Waals surface area contributed by atoms with Crippen molar-refractivity contribution in [3.8, 4) is 0 Å². The molecule has 0 aliphatic carbocycles. The Balaban J connectivity index is 2.64. The molecule has 2 nitrogen and oxygen atoms in total. The normalized spacial score (nSPS) is 30.1. The monoisotopic (exact) mass is 222 g/mol. The number of aryl methyl sites for hydroxylation is 1. The molecule has 0 aromatic heterocycles. The van der Waals surface area contributed by atoms with Crippen molar-refractivity contribution in [2.24, 2.45) is 5.92 Å². The van der Waals surface area contributed by atoms with Crippen LogP contribution in [0.25, 0.3) is 0 Å². The molecule has 0 bridgehead atoms. The van der Waals surface area contributed by atoms with Gasteiger partial charge >= 0.3 is 0 Å². The van der Waals surface area contributed by atoms with Crippen LogP contribution in [-0.2, 0) is 10.8 Å². The second-order valence-electron chi connectivity index (χ2n) is 4.16. The third-order valence-corrected chi connectivity index (χ3v) is 4.95. The van der Waals surface area contributed by atoms with E-state index in [-0.39, 0.29) is 17.0 Å². The van der Waals surface area contributed by atoms with Gasteiger partial charge in [-0.2, -0.15) is 0 Å². The van der Waals surface area contributed by atoms with Crippen molar-refractivity contribution in [2.45, 2.75) is 30.9 Å². The highest BCUT2D eigenvalue weighted by molar-refractivity contribution is 7.86. The fourth-order valence-electron chi connectivity index (χ4n) is 1.86. The van der Waals surface area contributed by atoms with E-state index in [1.165, 1.54) is 0 Å². The first-order valence-corrected chi connectivity index (χ1v) is 6.29.